The van der Waals surface area contributed by atoms with Crippen molar-refractivity contribution in [2.24, 2.45) is 28.9 Å². The molecule has 2 saturated carbocycles. The van der Waals surface area contributed by atoms with E-state index in [1.165, 1.54) is 4.90 Å². The van der Waals surface area contributed by atoms with Gasteiger partial charge in [-0.2, -0.15) is 18.2 Å². The molecule has 2 aliphatic carbocycles. The molecular weight excluding hydrogens is 796 g/mol. The van der Waals surface area contributed by atoms with Crippen molar-refractivity contribution >= 4 is 44.6 Å². The van der Waals surface area contributed by atoms with Crippen molar-refractivity contribution in [1.82, 2.24) is 19.9 Å². The molecule has 0 radical (unpaired) electrons. The van der Waals surface area contributed by atoms with Crippen molar-refractivity contribution < 1.29 is 55.0 Å². The lowest BCUT2D eigenvalue weighted by Crippen LogP contribution is -2.56. The summed E-state index contributed by atoms with van der Waals surface area (Å²) < 4.78 is 84.2. The molecule has 7 atom stereocenters. The van der Waals surface area contributed by atoms with Crippen LogP contribution in [0.1, 0.15) is 93.4 Å². The Hall–Kier alpha value is -4.61. The van der Waals surface area contributed by atoms with Crippen LogP contribution in [0.4, 0.5) is 18.0 Å². The van der Waals surface area contributed by atoms with E-state index in [2.05, 4.69) is 15.0 Å². The number of alkyl halides is 3. The third-order valence-corrected chi connectivity index (χ3v) is 14.0. The number of nitrogens with zero attached hydrogens (tertiary/aromatic N) is 2. The third kappa shape index (κ3) is 10.4. The molecule has 326 valence electrons. The van der Waals surface area contributed by atoms with Gasteiger partial charge in [-0.05, 0) is 95.4 Å². The highest BCUT2D eigenvalue weighted by Gasteiger charge is 2.58. The highest BCUT2D eigenvalue weighted by Crippen LogP contribution is 2.54. The van der Waals surface area contributed by atoms with E-state index < -0.39 is 79.9 Å². The highest BCUT2D eigenvalue weighted by molar-refractivity contribution is 7.91. The number of aromatic nitrogens is 1. The number of pyridine rings is 1. The number of halogens is 3. The molecule has 1 saturated heterocycles. The first-order valence-electron chi connectivity index (χ1n) is 20.0. The molecule has 1 aromatic carbocycles. The minimum Gasteiger partial charge on any atom is -0.478 e. The van der Waals surface area contributed by atoms with Gasteiger partial charge in [-0.3, -0.25) is 19.1 Å². The van der Waals surface area contributed by atoms with Crippen LogP contribution in [0.3, 0.4) is 0 Å². The fourth-order valence-corrected chi connectivity index (χ4v) is 8.72. The van der Waals surface area contributed by atoms with E-state index in [-0.39, 0.29) is 30.7 Å². The summed E-state index contributed by atoms with van der Waals surface area (Å²) in [4.78, 5) is 58.8. The van der Waals surface area contributed by atoms with Crippen LogP contribution in [-0.4, -0.2) is 90.0 Å². The Morgan fingerprint density at radius 2 is 1.80 bits per heavy atom. The SMILES string of the molecule is CCOc1cc2ccccc2c(O[C@@H]2C[C@@H](C(N)=O)N(C(=O)[C@@H](NC(=O)OC(C)(C)C(F)(F)F)[C@H](C)C[C@H](C)CC/C=C\[C@@H]3C[C@]3(C)C(=O)NS(=O)(=O)C3(C)CC3)C2)n1. The predicted molar refractivity (Wildman–Crippen MR) is 212 cm³/mol. The molecule has 3 fully saturated rings. The van der Waals surface area contributed by atoms with Crippen molar-refractivity contribution in [3.63, 3.8) is 0 Å². The first-order chi connectivity index (χ1) is 27.4. The summed E-state index contributed by atoms with van der Waals surface area (Å²) in [5, 5.41) is 3.81. The van der Waals surface area contributed by atoms with E-state index in [4.69, 9.17) is 19.9 Å². The van der Waals surface area contributed by atoms with Crippen molar-refractivity contribution in [3.8, 4) is 11.8 Å². The van der Waals surface area contributed by atoms with E-state index >= 15 is 0 Å². The number of amides is 4. The average molecular weight is 852 g/mol. The van der Waals surface area contributed by atoms with Crippen LogP contribution in [-0.2, 0) is 29.1 Å². The maximum absolute atomic E-state index is 14.4. The van der Waals surface area contributed by atoms with E-state index in [0.717, 1.165) is 5.39 Å². The number of alkyl carbamates (subject to hydrolysis) is 1. The zero-order valence-corrected chi connectivity index (χ0v) is 35.4. The quantitative estimate of drug-likeness (QED) is 0.151. The van der Waals surface area contributed by atoms with Crippen molar-refractivity contribution in [1.29, 1.82) is 0 Å². The topological polar surface area (TPSA) is 196 Å². The Morgan fingerprint density at radius 3 is 2.42 bits per heavy atom. The van der Waals surface area contributed by atoms with Crippen LogP contribution < -0.4 is 25.2 Å². The standard InChI is InChI=1S/C41H56F3N5O9S/c1-8-56-31-20-26-14-10-12-16-29(26)34(46-31)57-28-21-30(33(45)50)49(23-28)35(51)32(47-37(53)58-38(4,5)41(42,43)44)25(3)19-24(2)13-9-11-15-27-22-40(27,7)36(52)48-59(54,55)39(6)17-18-39/h10-12,14-16,20,24-25,27-28,30,32H,8-9,13,17-19,21-23H2,1-7H3,(H2,45,50)(H,47,53)(H,48,52)/b15-11-/t24-,25-,27-,28-,30+,32+,40+/m1/s1. The zero-order chi connectivity index (χ0) is 43.7. The highest BCUT2D eigenvalue weighted by atomic mass is 32.2. The molecule has 1 aliphatic heterocycles. The fraction of sp³-hybridized carbons (Fsp3) is 0.634. The second-order valence-corrected chi connectivity index (χ2v) is 19.5. The van der Waals surface area contributed by atoms with Gasteiger partial charge in [0.2, 0.25) is 45.1 Å². The van der Waals surface area contributed by atoms with Gasteiger partial charge in [0.05, 0.1) is 23.3 Å². The maximum Gasteiger partial charge on any atom is 0.427 e. The number of hydrogen-bond donors (Lipinski definition) is 3. The lowest BCUT2D eigenvalue weighted by atomic mass is 9.88. The number of primary amides is 1. The number of benzene rings is 1. The molecule has 1 aromatic heterocycles. The second-order valence-electron chi connectivity index (χ2n) is 17.3. The molecule has 0 spiro atoms. The number of fused-ring (bicyclic) bond motifs is 1. The van der Waals surface area contributed by atoms with Crippen molar-refractivity contribution in [2.75, 3.05) is 13.2 Å². The van der Waals surface area contributed by atoms with Gasteiger partial charge in [-0.15, -0.1) is 0 Å². The van der Waals surface area contributed by atoms with Gasteiger partial charge in [0.25, 0.3) is 0 Å². The van der Waals surface area contributed by atoms with Gasteiger partial charge in [-0.25, -0.2) is 13.2 Å². The average Bonchev–Trinajstić information content (AvgIpc) is 4.00. The summed E-state index contributed by atoms with van der Waals surface area (Å²) in [6.45, 7) is 10.3. The van der Waals surface area contributed by atoms with Gasteiger partial charge >= 0.3 is 12.3 Å². The van der Waals surface area contributed by atoms with Crippen LogP contribution in [0.5, 0.6) is 11.8 Å². The minimum atomic E-state index is -4.90. The number of nitrogens with two attached hydrogens (primary N) is 1. The van der Waals surface area contributed by atoms with Gasteiger partial charge in [-0.1, -0.05) is 51.1 Å². The fourth-order valence-electron chi connectivity index (χ4n) is 7.36. The number of carbonyl (C=O) groups excluding carboxylic acids is 4. The Morgan fingerprint density at radius 1 is 1.12 bits per heavy atom. The molecule has 4 amide bonds. The molecule has 3 aliphatic rings. The number of hydrogen-bond acceptors (Lipinski definition) is 10. The normalized spacial score (nSPS) is 24.2. The minimum absolute atomic E-state index is 0.0117. The molecule has 14 nitrogen and oxygen atoms in total. The lowest BCUT2D eigenvalue weighted by Gasteiger charge is -2.33. The van der Waals surface area contributed by atoms with Crippen LogP contribution >= 0.6 is 0 Å². The summed E-state index contributed by atoms with van der Waals surface area (Å²) in [5.41, 5.74) is 2.08. The first kappa shape index (κ1) is 45.5. The van der Waals surface area contributed by atoms with E-state index in [9.17, 15) is 40.8 Å². The number of allylic oxidation sites excluding steroid dienone is 2. The molecule has 2 aromatic rings. The Kier molecular flexibility index (Phi) is 13.2. The molecule has 2 heterocycles. The largest absolute Gasteiger partial charge is 0.478 e. The van der Waals surface area contributed by atoms with Crippen molar-refractivity contribution in [2.45, 2.75) is 128 Å². The summed E-state index contributed by atoms with van der Waals surface area (Å²) in [6.07, 6.45) is -0.272. The summed E-state index contributed by atoms with van der Waals surface area (Å²) in [5.74, 6) is -2.42. The predicted octanol–water partition coefficient (Wildman–Crippen LogP) is 5.93. The van der Waals surface area contributed by atoms with Crippen LogP contribution in [0.2, 0.25) is 0 Å². The third-order valence-electron chi connectivity index (χ3n) is 11.9. The van der Waals surface area contributed by atoms with Gasteiger partial charge in [0, 0.05) is 17.9 Å². The summed E-state index contributed by atoms with van der Waals surface area (Å²) in [6, 6.07) is 6.48. The van der Waals surface area contributed by atoms with E-state index in [1.807, 2.05) is 31.2 Å². The van der Waals surface area contributed by atoms with Gasteiger partial charge < -0.3 is 30.2 Å². The Balaban J connectivity index is 1.26. The molecular formula is C41H56F3N5O9S. The molecule has 0 bridgehead atoms. The monoisotopic (exact) mass is 851 g/mol. The number of rotatable bonds is 18. The Labute approximate surface area is 343 Å². The van der Waals surface area contributed by atoms with Crippen LogP contribution in [0, 0.1) is 23.2 Å². The number of ether oxygens (including phenoxy) is 3. The summed E-state index contributed by atoms with van der Waals surface area (Å²) >= 11 is 0. The van der Waals surface area contributed by atoms with Crippen LogP contribution in [0.25, 0.3) is 10.8 Å². The van der Waals surface area contributed by atoms with Crippen LogP contribution in [0.15, 0.2) is 42.5 Å². The molecule has 5 rings (SSSR count). The second kappa shape index (κ2) is 17.2. The Bertz CT molecular complexity index is 2060. The molecule has 0 unspecified atom stereocenters. The smallest absolute Gasteiger partial charge is 0.427 e. The number of likely N-dealkylation sites (tertiary alicyclic amines) is 1. The molecule has 4 N–H and O–H groups in total. The maximum atomic E-state index is 14.4. The lowest BCUT2D eigenvalue weighted by molar-refractivity contribution is -0.244. The summed E-state index contributed by atoms with van der Waals surface area (Å²) in [7, 11) is -3.75. The van der Waals surface area contributed by atoms with Crippen molar-refractivity contribution in [3.05, 3.63) is 42.5 Å². The number of sulfonamides is 1. The van der Waals surface area contributed by atoms with Gasteiger partial charge in [0.1, 0.15) is 18.2 Å². The van der Waals surface area contributed by atoms with E-state index in [1.54, 1.807) is 45.9 Å². The first-order valence-corrected chi connectivity index (χ1v) is 21.5. The number of nitrogens with one attached hydrogen (secondary N) is 2. The molecule has 18 heteroatoms. The van der Waals surface area contributed by atoms with Gasteiger partial charge in [0.15, 0.2) is 0 Å². The molecule has 59 heavy (non-hydrogen) atoms. The number of carbonyl (C=O) groups is 4. The van der Waals surface area contributed by atoms with E-state index in [0.29, 0.717) is 70.2 Å². The zero-order valence-electron chi connectivity index (χ0n) is 34.6.